The minimum absolute atomic E-state index is 0.208. The Morgan fingerprint density at radius 1 is 1.30 bits per heavy atom. The average molecular weight is 319 g/mol. The first-order valence-electron chi connectivity index (χ1n) is 8.08. The number of benzene rings is 1. The fourth-order valence-corrected chi connectivity index (χ4v) is 2.34. The van der Waals surface area contributed by atoms with E-state index in [4.69, 9.17) is 4.74 Å². The summed E-state index contributed by atoms with van der Waals surface area (Å²) in [5, 5.41) is 7.65. The maximum Gasteiger partial charge on any atom is 0.212 e. The lowest BCUT2D eigenvalue weighted by Crippen LogP contribution is -2.09. The molecule has 126 valence electrons. The number of ether oxygens (including phenoxy) is 1. The lowest BCUT2D eigenvalue weighted by Gasteiger charge is -2.11. The van der Waals surface area contributed by atoms with E-state index in [1.807, 2.05) is 30.8 Å². The van der Waals surface area contributed by atoms with E-state index in [2.05, 4.69) is 24.3 Å². The molecule has 1 aromatic heterocycles. The Kier molecular flexibility index (Phi) is 6.16. The Morgan fingerprint density at radius 2 is 2.09 bits per heavy atom. The number of nitrogens with one attached hydrogen (secondary N) is 1. The molecule has 23 heavy (non-hydrogen) atoms. The summed E-state index contributed by atoms with van der Waals surface area (Å²) in [6.45, 7) is 8.00. The summed E-state index contributed by atoms with van der Waals surface area (Å²) in [5.74, 6) is 1.05. The van der Waals surface area contributed by atoms with Crippen molar-refractivity contribution in [2.24, 2.45) is 5.92 Å². The highest BCUT2D eigenvalue weighted by Gasteiger charge is 2.11. The number of aromatic nitrogens is 2. The summed E-state index contributed by atoms with van der Waals surface area (Å²) in [6.07, 6.45) is 1.02. The van der Waals surface area contributed by atoms with Crippen LogP contribution in [0.15, 0.2) is 24.3 Å². The predicted molar refractivity (Wildman–Crippen MR) is 89.9 cm³/mol. The minimum Gasteiger partial charge on any atom is -0.473 e. The van der Waals surface area contributed by atoms with Crippen molar-refractivity contribution in [2.45, 2.75) is 46.9 Å². The van der Waals surface area contributed by atoms with Crippen molar-refractivity contribution >= 4 is 0 Å². The van der Waals surface area contributed by atoms with Crippen LogP contribution in [0.1, 0.15) is 37.1 Å². The van der Waals surface area contributed by atoms with Crippen LogP contribution in [0.25, 0.3) is 0 Å². The number of nitrogens with zero attached hydrogens (tertiary/aromatic N) is 2. The van der Waals surface area contributed by atoms with Gasteiger partial charge in [0.05, 0.1) is 5.69 Å². The van der Waals surface area contributed by atoms with Gasteiger partial charge in [-0.3, -0.25) is 0 Å². The van der Waals surface area contributed by atoms with E-state index in [9.17, 15) is 4.39 Å². The Balaban J connectivity index is 2.11. The molecule has 0 saturated heterocycles. The molecule has 2 aromatic rings. The van der Waals surface area contributed by atoms with E-state index >= 15 is 0 Å². The molecule has 2 rings (SSSR count). The molecule has 5 heteroatoms. The van der Waals surface area contributed by atoms with Crippen molar-refractivity contribution < 1.29 is 9.13 Å². The standard InChI is InChI=1S/C18H26FN3O/c1-13(2)7-8-22-18(10-16(21-22)11-20-4)23-12-15-9-14(3)5-6-17(15)19/h5-6,9-10,13,20H,7-8,11-12H2,1-4H3. The van der Waals surface area contributed by atoms with E-state index in [-0.39, 0.29) is 12.4 Å². The van der Waals surface area contributed by atoms with Crippen LogP contribution in [0.5, 0.6) is 5.88 Å². The van der Waals surface area contributed by atoms with Gasteiger partial charge in [0.1, 0.15) is 12.4 Å². The molecule has 1 aromatic carbocycles. The molecule has 0 bridgehead atoms. The zero-order valence-corrected chi connectivity index (χ0v) is 14.4. The number of hydrogen-bond donors (Lipinski definition) is 1. The summed E-state index contributed by atoms with van der Waals surface area (Å²) in [4.78, 5) is 0. The number of halogens is 1. The van der Waals surface area contributed by atoms with Crippen molar-refractivity contribution in [3.63, 3.8) is 0 Å². The van der Waals surface area contributed by atoms with Crippen LogP contribution in [0.3, 0.4) is 0 Å². The minimum atomic E-state index is -0.237. The molecule has 0 saturated carbocycles. The van der Waals surface area contributed by atoms with Crippen LogP contribution in [-0.2, 0) is 19.7 Å². The molecule has 0 aliphatic carbocycles. The summed E-state index contributed by atoms with van der Waals surface area (Å²) in [7, 11) is 1.88. The van der Waals surface area contributed by atoms with E-state index in [0.717, 1.165) is 24.2 Å². The second-order valence-electron chi connectivity index (χ2n) is 6.29. The van der Waals surface area contributed by atoms with Gasteiger partial charge >= 0.3 is 0 Å². The molecule has 0 unspecified atom stereocenters. The highest BCUT2D eigenvalue weighted by Crippen LogP contribution is 2.19. The molecule has 0 spiro atoms. The summed E-state index contributed by atoms with van der Waals surface area (Å²) >= 11 is 0. The fourth-order valence-electron chi connectivity index (χ4n) is 2.34. The van der Waals surface area contributed by atoms with Gasteiger partial charge in [0.15, 0.2) is 0 Å². The fraction of sp³-hybridized carbons (Fsp3) is 0.500. The van der Waals surface area contributed by atoms with Crippen molar-refractivity contribution in [2.75, 3.05) is 7.05 Å². The van der Waals surface area contributed by atoms with Gasteiger partial charge in [-0.15, -0.1) is 0 Å². The number of rotatable bonds is 8. The molecule has 4 nitrogen and oxygen atoms in total. The topological polar surface area (TPSA) is 39.1 Å². The van der Waals surface area contributed by atoms with Gasteiger partial charge < -0.3 is 10.1 Å². The predicted octanol–water partition coefficient (Wildman–Crippen LogP) is 3.68. The lowest BCUT2D eigenvalue weighted by atomic mass is 10.1. The third kappa shape index (κ3) is 5.06. The molecule has 0 aliphatic heterocycles. The van der Waals surface area contributed by atoms with Gasteiger partial charge in [0.25, 0.3) is 0 Å². The summed E-state index contributed by atoms with van der Waals surface area (Å²) < 4.78 is 21.6. The van der Waals surface area contributed by atoms with Crippen LogP contribution in [0.4, 0.5) is 4.39 Å². The SMILES string of the molecule is CNCc1cc(OCc2cc(C)ccc2F)n(CCC(C)C)n1. The first kappa shape index (κ1) is 17.5. The molecule has 0 atom stereocenters. The first-order chi connectivity index (χ1) is 11.0. The van der Waals surface area contributed by atoms with E-state index in [1.54, 1.807) is 6.07 Å². The van der Waals surface area contributed by atoms with Crippen molar-refractivity contribution in [3.8, 4) is 5.88 Å². The second kappa shape index (κ2) is 8.11. The molecule has 0 aliphatic rings. The van der Waals surface area contributed by atoms with Gasteiger partial charge in [0.2, 0.25) is 5.88 Å². The maximum absolute atomic E-state index is 13.8. The molecule has 1 heterocycles. The molecule has 0 radical (unpaired) electrons. The zero-order valence-electron chi connectivity index (χ0n) is 14.4. The summed E-state index contributed by atoms with van der Waals surface area (Å²) in [6, 6.07) is 6.98. The maximum atomic E-state index is 13.8. The third-order valence-corrected chi connectivity index (χ3v) is 3.65. The largest absolute Gasteiger partial charge is 0.473 e. The van der Waals surface area contributed by atoms with Gasteiger partial charge in [-0.05, 0) is 38.4 Å². The van der Waals surface area contributed by atoms with Gasteiger partial charge in [0, 0.05) is 24.7 Å². The van der Waals surface area contributed by atoms with Crippen LogP contribution in [0, 0.1) is 18.7 Å². The number of aryl methyl sites for hydroxylation is 2. The third-order valence-electron chi connectivity index (χ3n) is 3.65. The molecular formula is C18H26FN3O. The van der Waals surface area contributed by atoms with E-state index in [1.165, 1.54) is 6.07 Å². The second-order valence-corrected chi connectivity index (χ2v) is 6.29. The summed E-state index contributed by atoms with van der Waals surface area (Å²) in [5.41, 5.74) is 2.52. The van der Waals surface area contributed by atoms with E-state index in [0.29, 0.717) is 23.9 Å². The molecular weight excluding hydrogens is 293 g/mol. The molecule has 1 N–H and O–H groups in total. The highest BCUT2D eigenvalue weighted by atomic mass is 19.1. The first-order valence-corrected chi connectivity index (χ1v) is 8.08. The molecule has 0 amide bonds. The Morgan fingerprint density at radius 3 is 2.78 bits per heavy atom. The zero-order chi connectivity index (χ0) is 16.8. The van der Waals surface area contributed by atoms with Crippen LogP contribution in [-0.4, -0.2) is 16.8 Å². The van der Waals surface area contributed by atoms with Crippen LogP contribution < -0.4 is 10.1 Å². The quantitative estimate of drug-likeness (QED) is 0.807. The smallest absolute Gasteiger partial charge is 0.212 e. The van der Waals surface area contributed by atoms with E-state index < -0.39 is 0 Å². The van der Waals surface area contributed by atoms with Crippen molar-refractivity contribution in [3.05, 3.63) is 46.9 Å². The van der Waals surface area contributed by atoms with Gasteiger partial charge in [-0.1, -0.05) is 25.5 Å². The highest BCUT2D eigenvalue weighted by molar-refractivity contribution is 5.24. The Labute approximate surface area is 137 Å². The van der Waals surface area contributed by atoms with Crippen molar-refractivity contribution in [1.82, 2.24) is 15.1 Å². The number of hydrogen-bond acceptors (Lipinski definition) is 3. The van der Waals surface area contributed by atoms with Crippen LogP contribution >= 0.6 is 0 Å². The van der Waals surface area contributed by atoms with Crippen LogP contribution in [0.2, 0.25) is 0 Å². The Bertz CT molecular complexity index is 637. The van der Waals surface area contributed by atoms with Crippen molar-refractivity contribution in [1.29, 1.82) is 0 Å². The van der Waals surface area contributed by atoms with Gasteiger partial charge in [-0.25, -0.2) is 9.07 Å². The Hall–Kier alpha value is -1.88. The normalized spacial score (nSPS) is 11.2. The molecule has 0 fully saturated rings. The van der Waals surface area contributed by atoms with Gasteiger partial charge in [-0.2, -0.15) is 5.10 Å². The monoisotopic (exact) mass is 319 g/mol. The lowest BCUT2D eigenvalue weighted by molar-refractivity contribution is 0.264. The average Bonchev–Trinajstić information content (AvgIpc) is 2.88.